The van der Waals surface area contributed by atoms with Crippen molar-refractivity contribution < 1.29 is 9.59 Å². The molecule has 0 aliphatic heterocycles. The van der Waals surface area contributed by atoms with E-state index in [-0.39, 0.29) is 11.8 Å². The van der Waals surface area contributed by atoms with Crippen LogP contribution in [0.25, 0.3) is 0 Å². The Morgan fingerprint density at radius 3 is 2.57 bits per heavy atom. The number of aromatic nitrogens is 1. The van der Waals surface area contributed by atoms with Gasteiger partial charge in [-0.2, -0.15) is 0 Å². The van der Waals surface area contributed by atoms with Gasteiger partial charge >= 0.3 is 0 Å². The number of carbonyl (C=O) groups is 2. The molecule has 0 radical (unpaired) electrons. The van der Waals surface area contributed by atoms with E-state index in [0.717, 1.165) is 23.5 Å². The maximum absolute atomic E-state index is 12.7. The lowest BCUT2D eigenvalue weighted by molar-refractivity contribution is 0.0951. The number of nitrogens with zero attached hydrogens (tertiary/aromatic N) is 1. The van der Waals surface area contributed by atoms with Gasteiger partial charge in [-0.25, -0.2) is 4.98 Å². The zero-order chi connectivity index (χ0) is 20.1. The van der Waals surface area contributed by atoms with Crippen LogP contribution >= 0.6 is 0 Å². The highest BCUT2D eigenvalue weighted by Crippen LogP contribution is 2.27. The summed E-state index contributed by atoms with van der Waals surface area (Å²) >= 11 is 0. The van der Waals surface area contributed by atoms with Gasteiger partial charge in [0.25, 0.3) is 11.8 Å². The fraction of sp³-hybridized carbons (Fsp3) is 0.409. The van der Waals surface area contributed by atoms with Gasteiger partial charge < -0.3 is 16.4 Å². The van der Waals surface area contributed by atoms with Gasteiger partial charge in [0.2, 0.25) is 0 Å². The number of nitrogens with one attached hydrogen (secondary N) is 2. The summed E-state index contributed by atoms with van der Waals surface area (Å²) in [4.78, 5) is 29.2. The number of hydrogen-bond donors (Lipinski definition) is 3. The molecular weight excluding hydrogens is 352 g/mol. The van der Waals surface area contributed by atoms with Gasteiger partial charge in [0.15, 0.2) is 0 Å². The average Bonchev–Trinajstić information content (AvgIpc) is 3.18. The van der Waals surface area contributed by atoms with Crippen LogP contribution < -0.4 is 16.4 Å². The Balaban J connectivity index is 1.65. The molecule has 1 saturated carbocycles. The number of carbonyl (C=O) groups excluding carboxylic acids is 2. The molecule has 0 unspecified atom stereocenters. The van der Waals surface area contributed by atoms with E-state index in [1.807, 2.05) is 13.8 Å². The van der Waals surface area contributed by atoms with Gasteiger partial charge in [0.1, 0.15) is 5.82 Å². The van der Waals surface area contributed by atoms with Crippen LogP contribution in [0.5, 0.6) is 0 Å². The first kappa shape index (κ1) is 19.9. The molecule has 1 fully saturated rings. The number of rotatable bonds is 6. The van der Waals surface area contributed by atoms with Crippen LogP contribution in [0.2, 0.25) is 0 Å². The SMILES string of the molecule is Cc1ccc(C(=O)NCCC2CCCC2)cc1C(=O)Nc1cnc(N)c(C)c1. The van der Waals surface area contributed by atoms with E-state index in [2.05, 4.69) is 15.6 Å². The molecule has 4 N–H and O–H groups in total. The summed E-state index contributed by atoms with van der Waals surface area (Å²) in [7, 11) is 0. The summed E-state index contributed by atoms with van der Waals surface area (Å²) in [5.41, 5.74) is 8.86. The van der Waals surface area contributed by atoms with E-state index >= 15 is 0 Å². The second-order valence-electron chi connectivity index (χ2n) is 7.61. The molecule has 2 aromatic rings. The molecule has 1 aromatic carbocycles. The minimum absolute atomic E-state index is 0.142. The van der Waals surface area contributed by atoms with E-state index in [1.54, 1.807) is 24.3 Å². The third kappa shape index (κ3) is 4.88. The summed E-state index contributed by atoms with van der Waals surface area (Å²) in [6.07, 6.45) is 7.69. The van der Waals surface area contributed by atoms with Gasteiger partial charge in [0.05, 0.1) is 11.9 Å². The molecule has 28 heavy (non-hydrogen) atoms. The summed E-state index contributed by atoms with van der Waals surface area (Å²) in [5.74, 6) is 0.753. The van der Waals surface area contributed by atoms with Crippen LogP contribution in [0, 0.1) is 19.8 Å². The van der Waals surface area contributed by atoms with Gasteiger partial charge in [-0.1, -0.05) is 31.7 Å². The first-order chi connectivity index (χ1) is 13.4. The largest absolute Gasteiger partial charge is 0.383 e. The molecule has 1 aromatic heterocycles. The zero-order valence-electron chi connectivity index (χ0n) is 16.5. The van der Waals surface area contributed by atoms with Crippen LogP contribution in [0.4, 0.5) is 11.5 Å². The third-order valence-corrected chi connectivity index (χ3v) is 5.43. The van der Waals surface area contributed by atoms with Crippen molar-refractivity contribution in [2.75, 3.05) is 17.6 Å². The molecule has 1 aliphatic carbocycles. The quantitative estimate of drug-likeness (QED) is 0.709. The Bertz CT molecular complexity index is 873. The molecule has 6 nitrogen and oxygen atoms in total. The monoisotopic (exact) mass is 380 g/mol. The molecule has 3 rings (SSSR count). The highest BCUT2D eigenvalue weighted by Gasteiger charge is 2.16. The number of hydrogen-bond acceptors (Lipinski definition) is 4. The van der Waals surface area contributed by atoms with E-state index in [0.29, 0.717) is 29.2 Å². The van der Waals surface area contributed by atoms with Gasteiger partial charge in [0, 0.05) is 17.7 Å². The Labute approximate surface area is 165 Å². The molecule has 6 heteroatoms. The van der Waals surface area contributed by atoms with E-state index in [9.17, 15) is 9.59 Å². The Morgan fingerprint density at radius 2 is 1.86 bits per heavy atom. The average molecular weight is 380 g/mol. The number of anilines is 2. The van der Waals surface area contributed by atoms with Crippen molar-refractivity contribution in [3.8, 4) is 0 Å². The second-order valence-corrected chi connectivity index (χ2v) is 7.61. The fourth-order valence-electron chi connectivity index (χ4n) is 3.65. The zero-order valence-corrected chi connectivity index (χ0v) is 16.5. The molecule has 0 spiro atoms. The number of aryl methyl sites for hydroxylation is 2. The fourth-order valence-corrected chi connectivity index (χ4v) is 3.65. The molecule has 1 aliphatic rings. The number of amides is 2. The molecule has 148 valence electrons. The van der Waals surface area contributed by atoms with Crippen molar-refractivity contribution in [1.29, 1.82) is 0 Å². The molecular formula is C22H28N4O2. The minimum atomic E-state index is -0.274. The summed E-state index contributed by atoms with van der Waals surface area (Å²) < 4.78 is 0. The molecule has 0 saturated heterocycles. The predicted octanol–water partition coefficient (Wildman–Crippen LogP) is 3.84. The Morgan fingerprint density at radius 1 is 1.11 bits per heavy atom. The summed E-state index contributed by atoms with van der Waals surface area (Å²) in [6.45, 7) is 4.36. The van der Waals surface area contributed by atoms with Crippen molar-refractivity contribution in [1.82, 2.24) is 10.3 Å². The van der Waals surface area contributed by atoms with Crippen LogP contribution in [-0.4, -0.2) is 23.3 Å². The molecule has 0 bridgehead atoms. The van der Waals surface area contributed by atoms with Crippen LogP contribution in [0.1, 0.15) is 63.9 Å². The molecule has 1 heterocycles. The standard InChI is InChI=1S/C22H28N4O2/c1-14-7-8-17(21(27)24-10-9-16-5-3-4-6-16)12-19(14)22(28)26-18-11-15(2)20(23)25-13-18/h7-8,11-13,16H,3-6,9-10H2,1-2H3,(H2,23,25)(H,24,27)(H,26,28). The third-order valence-electron chi connectivity index (χ3n) is 5.43. The first-order valence-corrected chi connectivity index (χ1v) is 9.86. The van der Waals surface area contributed by atoms with Crippen molar-refractivity contribution in [3.05, 3.63) is 52.7 Å². The van der Waals surface area contributed by atoms with Crippen molar-refractivity contribution >= 4 is 23.3 Å². The van der Waals surface area contributed by atoms with Gasteiger partial charge in [-0.3, -0.25) is 9.59 Å². The summed E-state index contributed by atoms with van der Waals surface area (Å²) in [5, 5.41) is 5.81. The lowest BCUT2D eigenvalue weighted by atomic mass is 10.0. The molecule has 0 atom stereocenters. The van der Waals surface area contributed by atoms with Gasteiger partial charge in [-0.05, 0) is 55.5 Å². The lowest BCUT2D eigenvalue weighted by Gasteiger charge is -2.12. The molecule has 2 amide bonds. The number of nitrogens with two attached hydrogens (primary N) is 1. The Kier molecular flexibility index (Phi) is 6.29. The van der Waals surface area contributed by atoms with Crippen LogP contribution in [0.3, 0.4) is 0 Å². The van der Waals surface area contributed by atoms with Crippen molar-refractivity contribution in [3.63, 3.8) is 0 Å². The smallest absolute Gasteiger partial charge is 0.255 e. The van der Waals surface area contributed by atoms with Crippen molar-refractivity contribution in [2.24, 2.45) is 5.92 Å². The minimum Gasteiger partial charge on any atom is -0.383 e. The maximum Gasteiger partial charge on any atom is 0.255 e. The Hall–Kier alpha value is -2.89. The maximum atomic E-state index is 12.7. The predicted molar refractivity (Wildman–Crippen MR) is 111 cm³/mol. The van der Waals surface area contributed by atoms with Crippen LogP contribution in [0.15, 0.2) is 30.5 Å². The number of benzene rings is 1. The highest BCUT2D eigenvalue weighted by atomic mass is 16.2. The lowest BCUT2D eigenvalue weighted by Crippen LogP contribution is -2.26. The van der Waals surface area contributed by atoms with E-state index in [4.69, 9.17) is 5.73 Å². The first-order valence-electron chi connectivity index (χ1n) is 9.86. The second kappa shape index (κ2) is 8.87. The highest BCUT2D eigenvalue weighted by molar-refractivity contribution is 6.07. The van der Waals surface area contributed by atoms with Gasteiger partial charge in [-0.15, -0.1) is 0 Å². The normalized spacial score (nSPS) is 14.1. The topological polar surface area (TPSA) is 97.1 Å². The van der Waals surface area contributed by atoms with E-state index < -0.39 is 0 Å². The van der Waals surface area contributed by atoms with E-state index in [1.165, 1.54) is 31.9 Å². The number of pyridine rings is 1. The number of nitrogen functional groups attached to an aromatic ring is 1. The van der Waals surface area contributed by atoms with Crippen LogP contribution in [-0.2, 0) is 0 Å². The summed E-state index contributed by atoms with van der Waals surface area (Å²) in [6, 6.07) is 6.97. The van der Waals surface area contributed by atoms with Crippen molar-refractivity contribution in [2.45, 2.75) is 46.0 Å².